The Labute approximate surface area is 296 Å². The highest BCUT2D eigenvalue weighted by atomic mass is 31.2. The molecule has 51 heavy (non-hydrogen) atoms. The van der Waals surface area contributed by atoms with Gasteiger partial charge in [0.1, 0.15) is 17.4 Å². The van der Waals surface area contributed by atoms with Gasteiger partial charge in [-0.2, -0.15) is 19.4 Å². The van der Waals surface area contributed by atoms with Crippen LogP contribution >= 0.6 is 7.75 Å². The summed E-state index contributed by atoms with van der Waals surface area (Å²) in [4.78, 5) is 50.4. The summed E-state index contributed by atoms with van der Waals surface area (Å²) in [5.74, 6) is -2.27. The third kappa shape index (κ3) is 9.88. The number of nitrogens with one attached hydrogen (secondary N) is 2. The number of fused-ring (bicyclic) bond motifs is 1. The van der Waals surface area contributed by atoms with E-state index in [0.717, 1.165) is 12.8 Å². The molecule has 4 rings (SSSR count). The van der Waals surface area contributed by atoms with E-state index in [0.29, 0.717) is 0 Å². The summed E-state index contributed by atoms with van der Waals surface area (Å²) in [5, 5.41) is 5.26. The minimum Gasteiger partial charge on any atom is -0.464 e. The van der Waals surface area contributed by atoms with Crippen molar-refractivity contribution in [3.63, 3.8) is 0 Å². The van der Waals surface area contributed by atoms with E-state index in [4.69, 9.17) is 23.3 Å². The first kappa shape index (κ1) is 39.8. The fourth-order valence-corrected chi connectivity index (χ4v) is 6.80. The second-order valence-corrected chi connectivity index (χ2v) is 15.0. The van der Waals surface area contributed by atoms with E-state index in [2.05, 4.69) is 25.4 Å². The molecule has 0 radical (unpaired) electrons. The summed E-state index contributed by atoms with van der Waals surface area (Å²) in [6.45, 7) is 13.5. The Balaban J connectivity index is 1.64. The summed E-state index contributed by atoms with van der Waals surface area (Å²) in [6, 6.07) is 6.36. The molecule has 0 saturated carbocycles. The van der Waals surface area contributed by atoms with Gasteiger partial charge in [-0.3, -0.25) is 18.9 Å². The molecular formula is C34H48FN6O9P. The van der Waals surface area contributed by atoms with Gasteiger partial charge in [0.15, 0.2) is 23.1 Å². The monoisotopic (exact) mass is 734 g/mol. The van der Waals surface area contributed by atoms with Gasteiger partial charge in [-0.25, -0.2) is 9.55 Å². The van der Waals surface area contributed by atoms with Crippen LogP contribution in [0.2, 0.25) is 0 Å². The molecule has 0 bridgehead atoms. The molecule has 280 valence electrons. The summed E-state index contributed by atoms with van der Waals surface area (Å²) in [7, 11) is -4.34. The van der Waals surface area contributed by atoms with Crippen molar-refractivity contribution in [3.8, 4) is 5.75 Å². The number of carbonyl (C=O) groups excluding carboxylic acids is 3. The molecule has 0 unspecified atom stereocenters. The number of para-hydroxylation sites is 1. The Hall–Kier alpha value is -3.98. The SMILES string of the molecule is CCC(CC)COC(=O)[C@H](C)N[P@](=O)(OC[C@@]1(C)OC[C@@H](n2cnc3c(NC(=O)C(C)C)nc(F)nc32)[C@@H]1OC(=O)C(C)C)Oc1ccccc1. The molecule has 2 N–H and O–H groups in total. The van der Waals surface area contributed by atoms with Crippen molar-refractivity contribution in [2.75, 3.05) is 25.1 Å². The van der Waals surface area contributed by atoms with Crippen LogP contribution in [-0.2, 0) is 37.7 Å². The van der Waals surface area contributed by atoms with Gasteiger partial charge in [-0.05, 0) is 31.9 Å². The fraction of sp³-hybridized carbons (Fsp3) is 0.588. The zero-order valence-electron chi connectivity index (χ0n) is 30.3. The lowest BCUT2D eigenvalue weighted by Crippen LogP contribution is -2.47. The van der Waals surface area contributed by atoms with Gasteiger partial charge < -0.3 is 28.6 Å². The number of amides is 1. The molecule has 15 nitrogen and oxygen atoms in total. The molecule has 3 aromatic rings. The number of aromatic nitrogens is 4. The van der Waals surface area contributed by atoms with Crippen LogP contribution in [0.15, 0.2) is 36.7 Å². The van der Waals surface area contributed by atoms with Crippen molar-refractivity contribution in [3.05, 3.63) is 42.7 Å². The first-order valence-electron chi connectivity index (χ1n) is 17.1. The van der Waals surface area contributed by atoms with Crippen LogP contribution in [0.3, 0.4) is 0 Å². The largest absolute Gasteiger partial charge is 0.464 e. The number of halogens is 1. The normalized spacial score (nSPS) is 20.8. The summed E-state index contributed by atoms with van der Waals surface area (Å²) >= 11 is 0. The first-order chi connectivity index (χ1) is 24.1. The number of hydrogen-bond donors (Lipinski definition) is 2. The molecule has 2 aromatic heterocycles. The van der Waals surface area contributed by atoms with Crippen molar-refractivity contribution >= 4 is 42.6 Å². The molecule has 1 saturated heterocycles. The van der Waals surface area contributed by atoms with Gasteiger partial charge in [0.2, 0.25) is 5.91 Å². The van der Waals surface area contributed by atoms with E-state index < -0.39 is 73.9 Å². The van der Waals surface area contributed by atoms with Crippen molar-refractivity contribution in [2.45, 2.75) is 92.0 Å². The third-order valence-electron chi connectivity index (χ3n) is 8.58. The van der Waals surface area contributed by atoms with Gasteiger partial charge in [0.25, 0.3) is 0 Å². The standard InChI is InChI=1S/C34H48FN6O9P/c1-9-23(10-2)16-46-32(44)22(7)40-51(45,50-24-14-12-11-13-15-24)48-18-34(8)27(49-31(43)21(5)6)25(17-47-34)41-19-36-26-28(37-30(42)20(3)4)38-33(35)39-29(26)41/h11-15,19-23,25,27H,9-10,16-18H2,1-8H3,(H,40,45)(H,37,38,39,42)/t22-,25+,27-,34+,51-/m0/s1. The van der Waals surface area contributed by atoms with Crippen molar-refractivity contribution in [1.29, 1.82) is 0 Å². The summed E-state index contributed by atoms with van der Waals surface area (Å²) in [5.41, 5.74) is -1.33. The second-order valence-electron chi connectivity index (χ2n) is 13.4. The Morgan fingerprint density at radius 1 is 1.06 bits per heavy atom. The Bertz CT molecular complexity index is 1720. The first-order valence-corrected chi connectivity index (χ1v) is 18.6. The number of anilines is 1. The molecular weight excluding hydrogens is 686 g/mol. The van der Waals surface area contributed by atoms with Gasteiger partial charge >= 0.3 is 25.8 Å². The van der Waals surface area contributed by atoms with Crippen LogP contribution in [0.4, 0.5) is 10.2 Å². The van der Waals surface area contributed by atoms with E-state index >= 15 is 0 Å². The number of carbonyl (C=O) groups is 3. The van der Waals surface area contributed by atoms with Crippen molar-refractivity contribution < 1.29 is 46.6 Å². The topological polar surface area (TPSA) is 182 Å². The minimum absolute atomic E-state index is 0.0198. The molecule has 5 atom stereocenters. The van der Waals surface area contributed by atoms with Gasteiger partial charge in [0, 0.05) is 5.92 Å². The number of ether oxygens (including phenoxy) is 3. The lowest BCUT2D eigenvalue weighted by Gasteiger charge is -2.33. The number of benzene rings is 1. The molecule has 1 aliphatic heterocycles. The second kappa shape index (κ2) is 17.0. The maximum absolute atomic E-state index is 14.7. The summed E-state index contributed by atoms with van der Waals surface area (Å²) in [6.07, 6.45) is 0.810. The number of rotatable bonds is 17. The summed E-state index contributed by atoms with van der Waals surface area (Å²) < 4.78 is 60.0. The number of esters is 2. The lowest BCUT2D eigenvalue weighted by molar-refractivity contribution is -0.165. The lowest BCUT2D eigenvalue weighted by atomic mass is 9.96. The quantitative estimate of drug-likeness (QED) is 0.0992. The van der Waals surface area contributed by atoms with E-state index in [1.807, 2.05) is 13.8 Å². The smallest absolute Gasteiger partial charge is 0.459 e. The fourth-order valence-electron chi connectivity index (χ4n) is 5.21. The highest BCUT2D eigenvalue weighted by Gasteiger charge is 2.52. The maximum Gasteiger partial charge on any atom is 0.459 e. The van der Waals surface area contributed by atoms with Crippen molar-refractivity contribution in [1.82, 2.24) is 24.6 Å². The highest BCUT2D eigenvalue weighted by molar-refractivity contribution is 7.52. The van der Waals surface area contributed by atoms with Crippen LogP contribution < -0.4 is 14.9 Å². The molecule has 3 heterocycles. The Kier molecular flexibility index (Phi) is 13.3. The average Bonchev–Trinajstić information content (AvgIpc) is 3.65. The maximum atomic E-state index is 14.7. The molecule has 1 aliphatic rings. The van der Waals surface area contributed by atoms with Crippen LogP contribution in [0.25, 0.3) is 11.2 Å². The molecule has 1 amide bonds. The van der Waals surface area contributed by atoms with E-state index in [1.165, 1.54) is 17.8 Å². The van der Waals surface area contributed by atoms with E-state index in [9.17, 15) is 23.3 Å². The van der Waals surface area contributed by atoms with Crippen LogP contribution in [-0.4, -0.2) is 74.9 Å². The third-order valence-corrected chi connectivity index (χ3v) is 10.2. The van der Waals surface area contributed by atoms with Gasteiger partial charge in [0.05, 0.1) is 38.1 Å². The van der Waals surface area contributed by atoms with Crippen LogP contribution in [0, 0.1) is 23.8 Å². The van der Waals surface area contributed by atoms with Gasteiger partial charge in [-0.15, -0.1) is 0 Å². The Morgan fingerprint density at radius 2 is 1.75 bits per heavy atom. The average molecular weight is 735 g/mol. The van der Waals surface area contributed by atoms with E-state index in [1.54, 1.807) is 65.0 Å². The van der Waals surface area contributed by atoms with Crippen LogP contribution in [0.1, 0.15) is 74.3 Å². The van der Waals surface area contributed by atoms with E-state index in [-0.39, 0.29) is 41.9 Å². The zero-order chi connectivity index (χ0) is 37.5. The molecule has 1 fully saturated rings. The Morgan fingerprint density at radius 3 is 2.37 bits per heavy atom. The van der Waals surface area contributed by atoms with Gasteiger partial charge in [-0.1, -0.05) is 72.6 Å². The molecule has 1 aromatic carbocycles. The molecule has 17 heteroatoms. The minimum atomic E-state index is -4.34. The predicted octanol–water partition coefficient (Wildman–Crippen LogP) is 5.62. The molecule has 0 spiro atoms. The van der Waals surface area contributed by atoms with Crippen molar-refractivity contribution in [2.24, 2.45) is 17.8 Å². The highest BCUT2D eigenvalue weighted by Crippen LogP contribution is 2.48. The number of imidazole rings is 1. The predicted molar refractivity (Wildman–Crippen MR) is 185 cm³/mol. The number of nitrogens with zero attached hydrogens (tertiary/aromatic N) is 4. The zero-order valence-corrected chi connectivity index (χ0v) is 31.1. The van der Waals surface area contributed by atoms with Crippen LogP contribution in [0.5, 0.6) is 5.75 Å². The molecule has 0 aliphatic carbocycles. The number of hydrogen-bond acceptors (Lipinski definition) is 12.